The fourth-order valence-electron chi connectivity index (χ4n) is 3.42. The van der Waals surface area contributed by atoms with Crippen LogP contribution in [0.4, 0.5) is 4.39 Å². The summed E-state index contributed by atoms with van der Waals surface area (Å²) in [6.07, 6.45) is 1.63. The number of carbonyl (C=O) groups excluding carboxylic acids is 1. The lowest BCUT2D eigenvalue weighted by Gasteiger charge is -2.38. The molecule has 0 saturated carbocycles. The van der Waals surface area contributed by atoms with Crippen LogP contribution in [-0.2, 0) is 14.9 Å². The third-order valence-electron chi connectivity index (χ3n) is 5.05. The Labute approximate surface area is 164 Å². The molecule has 0 aliphatic carbocycles. The SMILES string of the molecule is CCOc1ccc(C2(CNC(=O)COc3ccccc3F)CCOCC2)cc1. The van der Waals surface area contributed by atoms with E-state index in [2.05, 4.69) is 17.4 Å². The smallest absolute Gasteiger partial charge is 0.257 e. The van der Waals surface area contributed by atoms with Crippen LogP contribution >= 0.6 is 0 Å². The van der Waals surface area contributed by atoms with Crippen molar-refractivity contribution in [3.8, 4) is 11.5 Å². The topological polar surface area (TPSA) is 56.8 Å². The number of rotatable bonds is 8. The zero-order chi connectivity index (χ0) is 19.8. The minimum atomic E-state index is -0.481. The molecule has 1 heterocycles. The standard InChI is InChI=1S/C22H26FNO4/c1-2-27-18-9-7-17(8-10-18)22(11-13-26-14-12-22)16-24-21(25)15-28-20-6-4-3-5-19(20)23/h3-10H,2,11-16H2,1H3,(H,24,25). The van der Waals surface area contributed by atoms with E-state index in [9.17, 15) is 9.18 Å². The number of nitrogens with one attached hydrogen (secondary N) is 1. The van der Waals surface area contributed by atoms with Crippen molar-refractivity contribution in [2.24, 2.45) is 0 Å². The quantitative estimate of drug-likeness (QED) is 0.754. The maximum Gasteiger partial charge on any atom is 0.257 e. The van der Waals surface area contributed by atoms with Gasteiger partial charge in [0.15, 0.2) is 18.2 Å². The molecule has 28 heavy (non-hydrogen) atoms. The lowest BCUT2D eigenvalue weighted by Crippen LogP contribution is -2.45. The van der Waals surface area contributed by atoms with Gasteiger partial charge < -0.3 is 19.5 Å². The van der Waals surface area contributed by atoms with E-state index in [0.29, 0.717) is 26.4 Å². The van der Waals surface area contributed by atoms with Crippen molar-refractivity contribution >= 4 is 5.91 Å². The molecule has 2 aromatic carbocycles. The lowest BCUT2D eigenvalue weighted by molar-refractivity contribution is -0.123. The highest BCUT2D eigenvalue weighted by Crippen LogP contribution is 2.35. The molecule has 0 atom stereocenters. The summed E-state index contributed by atoms with van der Waals surface area (Å²) in [5.74, 6) is 0.145. The molecule has 0 radical (unpaired) electrons. The van der Waals surface area contributed by atoms with E-state index in [1.807, 2.05) is 19.1 Å². The molecule has 1 N–H and O–H groups in total. The van der Waals surface area contributed by atoms with Crippen LogP contribution in [0.25, 0.3) is 0 Å². The van der Waals surface area contributed by atoms with Crippen LogP contribution in [0, 0.1) is 5.82 Å². The molecule has 5 nitrogen and oxygen atoms in total. The third kappa shape index (κ3) is 5.01. The first kappa shape index (κ1) is 20.1. The number of hydrogen-bond donors (Lipinski definition) is 1. The summed E-state index contributed by atoms with van der Waals surface area (Å²) in [5.41, 5.74) is 0.950. The molecule has 1 saturated heterocycles. The van der Waals surface area contributed by atoms with Crippen LogP contribution < -0.4 is 14.8 Å². The second-order valence-electron chi connectivity index (χ2n) is 6.85. The molecule has 1 fully saturated rings. The van der Waals surface area contributed by atoms with Crippen LogP contribution in [0.1, 0.15) is 25.3 Å². The molecule has 0 unspecified atom stereocenters. The summed E-state index contributed by atoms with van der Waals surface area (Å²) in [4.78, 5) is 12.3. The Bertz CT molecular complexity index is 772. The Kier molecular flexibility index (Phi) is 6.87. The number of para-hydroxylation sites is 1. The number of hydrogen-bond acceptors (Lipinski definition) is 4. The van der Waals surface area contributed by atoms with Gasteiger partial charge in [0.05, 0.1) is 6.61 Å². The van der Waals surface area contributed by atoms with Gasteiger partial charge in [-0.25, -0.2) is 4.39 Å². The summed E-state index contributed by atoms with van der Waals surface area (Å²) in [7, 11) is 0. The van der Waals surface area contributed by atoms with Crippen molar-refractivity contribution in [2.75, 3.05) is 33.0 Å². The van der Waals surface area contributed by atoms with Crippen molar-refractivity contribution in [2.45, 2.75) is 25.2 Å². The van der Waals surface area contributed by atoms with Crippen molar-refractivity contribution in [3.63, 3.8) is 0 Å². The predicted molar refractivity (Wildman–Crippen MR) is 104 cm³/mol. The Morgan fingerprint density at radius 3 is 2.50 bits per heavy atom. The third-order valence-corrected chi connectivity index (χ3v) is 5.05. The van der Waals surface area contributed by atoms with Crippen LogP contribution in [0.5, 0.6) is 11.5 Å². The highest BCUT2D eigenvalue weighted by molar-refractivity contribution is 5.77. The zero-order valence-corrected chi connectivity index (χ0v) is 16.1. The number of ether oxygens (including phenoxy) is 3. The van der Waals surface area contributed by atoms with E-state index in [4.69, 9.17) is 14.2 Å². The average Bonchev–Trinajstić information content (AvgIpc) is 2.73. The molecular formula is C22H26FNO4. The first-order valence-corrected chi connectivity index (χ1v) is 9.58. The Morgan fingerprint density at radius 2 is 1.82 bits per heavy atom. The maximum absolute atomic E-state index is 13.6. The molecule has 150 valence electrons. The lowest BCUT2D eigenvalue weighted by atomic mass is 9.74. The van der Waals surface area contributed by atoms with Crippen molar-refractivity contribution < 1.29 is 23.4 Å². The number of benzene rings is 2. The molecule has 1 aliphatic heterocycles. The normalized spacial score (nSPS) is 15.6. The minimum absolute atomic E-state index is 0.0740. The van der Waals surface area contributed by atoms with Crippen molar-refractivity contribution in [1.82, 2.24) is 5.32 Å². The second-order valence-corrected chi connectivity index (χ2v) is 6.85. The van der Waals surface area contributed by atoms with E-state index in [-0.39, 0.29) is 23.7 Å². The monoisotopic (exact) mass is 387 g/mol. The van der Waals surface area contributed by atoms with Gasteiger partial charge in [-0.15, -0.1) is 0 Å². The number of amides is 1. The Balaban J connectivity index is 1.62. The van der Waals surface area contributed by atoms with E-state index in [1.165, 1.54) is 12.1 Å². The highest BCUT2D eigenvalue weighted by Gasteiger charge is 2.35. The largest absolute Gasteiger partial charge is 0.494 e. The van der Waals surface area contributed by atoms with Crippen LogP contribution in [0.15, 0.2) is 48.5 Å². The molecule has 2 aromatic rings. The molecule has 1 amide bonds. The Morgan fingerprint density at radius 1 is 1.11 bits per heavy atom. The van der Waals surface area contributed by atoms with Gasteiger partial charge >= 0.3 is 0 Å². The summed E-state index contributed by atoms with van der Waals surface area (Å²) in [6.45, 7) is 4.12. The molecular weight excluding hydrogens is 361 g/mol. The van der Waals surface area contributed by atoms with E-state index >= 15 is 0 Å². The molecule has 0 bridgehead atoms. The molecule has 0 aromatic heterocycles. The molecule has 0 spiro atoms. The van der Waals surface area contributed by atoms with Gasteiger partial charge in [-0.3, -0.25) is 4.79 Å². The highest BCUT2D eigenvalue weighted by atomic mass is 19.1. The fraction of sp³-hybridized carbons (Fsp3) is 0.409. The zero-order valence-electron chi connectivity index (χ0n) is 16.1. The van der Waals surface area contributed by atoms with Crippen molar-refractivity contribution in [1.29, 1.82) is 0 Å². The molecule has 6 heteroatoms. The van der Waals surface area contributed by atoms with Gasteiger partial charge in [-0.2, -0.15) is 0 Å². The fourth-order valence-corrected chi connectivity index (χ4v) is 3.42. The average molecular weight is 387 g/mol. The van der Waals surface area contributed by atoms with Crippen LogP contribution in [-0.4, -0.2) is 38.9 Å². The van der Waals surface area contributed by atoms with Crippen molar-refractivity contribution in [3.05, 3.63) is 59.9 Å². The Hall–Kier alpha value is -2.60. The summed E-state index contributed by atoms with van der Waals surface area (Å²) >= 11 is 0. The van der Waals surface area contributed by atoms with E-state index in [0.717, 1.165) is 24.2 Å². The molecule has 1 aliphatic rings. The predicted octanol–water partition coefficient (Wildman–Crippen LogP) is 3.47. The molecule has 3 rings (SSSR count). The number of carbonyl (C=O) groups is 1. The van der Waals surface area contributed by atoms with E-state index < -0.39 is 5.82 Å². The first-order valence-electron chi connectivity index (χ1n) is 9.58. The van der Waals surface area contributed by atoms with Crippen LogP contribution in [0.3, 0.4) is 0 Å². The summed E-state index contributed by atoms with van der Waals surface area (Å²) in [5, 5.41) is 2.95. The number of halogens is 1. The second kappa shape index (κ2) is 9.55. The van der Waals surface area contributed by atoms with Gasteiger partial charge in [0.2, 0.25) is 0 Å². The first-order chi connectivity index (χ1) is 13.6. The van der Waals surface area contributed by atoms with Gasteiger partial charge in [0.25, 0.3) is 5.91 Å². The summed E-state index contributed by atoms with van der Waals surface area (Å²) in [6, 6.07) is 14.1. The minimum Gasteiger partial charge on any atom is -0.494 e. The van der Waals surface area contributed by atoms with Gasteiger partial charge in [0.1, 0.15) is 5.75 Å². The van der Waals surface area contributed by atoms with E-state index in [1.54, 1.807) is 12.1 Å². The van der Waals surface area contributed by atoms with Gasteiger partial charge in [0, 0.05) is 25.2 Å². The van der Waals surface area contributed by atoms with Gasteiger partial charge in [-0.1, -0.05) is 24.3 Å². The summed E-state index contributed by atoms with van der Waals surface area (Å²) < 4.78 is 29.9. The maximum atomic E-state index is 13.6. The van der Waals surface area contributed by atoms with Crippen LogP contribution in [0.2, 0.25) is 0 Å². The van der Waals surface area contributed by atoms with Gasteiger partial charge in [-0.05, 0) is 49.6 Å².